The fraction of sp³-hybridized carbons (Fsp3) is 0.500. The van der Waals surface area contributed by atoms with Gasteiger partial charge in [-0.3, -0.25) is 4.79 Å². The average Bonchev–Trinajstić information content (AvgIpc) is 3.08. The second kappa shape index (κ2) is 5.14. The van der Waals surface area contributed by atoms with Gasteiger partial charge in [-0.25, -0.2) is 4.98 Å². The summed E-state index contributed by atoms with van der Waals surface area (Å²) in [5.41, 5.74) is 6.61. The molecule has 17 heavy (non-hydrogen) atoms. The van der Waals surface area contributed by atoms with Crippen LogP contribution in [-0.2, 0) is 0 Å². The number of hydrogen-bond donors (Lipinski definition) is 3. The lowest BCUT2D eigenvalue weighted by Crippen LogP contribution is -2.25. The van der Waals surface area contributed by atoms with E-state index in [1.165, 1.54) is 12.8 Å². The van der Waals surface area contributed by atoms with Crippen LogP contribution in [0.4, 0.5) is 5.82 Å². The highest BCUT2D eigenvalue weighted by Crippen LogP contribution is 2.18. The molecule has 0 saturated heterocycles. The van der Waals surface area contributed by atoms with Crippen LogP contribution in [0, 0.1) is 6.92 Å². The third-order valence-electron chi connectivity index (χ3n) is 2.73. The molecule has 2 rings (SSSR count). The van der Waals surface area contributed by atoms with E-state index in [1.807, 2.05) is 6.92 Å². The number of aromatic nitrogens is 1. The molecule has 1 heterocycles. The summed E-state index contributed by atoms with van der Waals surface area (Å²) in [6, 6.07) is 4.19. The molecule has 0 aromatic carbocycles. The summed E-state index contributed by atoms with van der Waals surface area (Å²) in [6.07, 6.45) is 2.55. The monoisotopic (exact) mass is 234 g/mol. The van der Waals surface area contributed by atoms with E-state index < -0.39 is 5.91 Å². The fourth-order valence-electron chi connectivity index (χ4n) is 1.63. The first-order chi connectivity index (χ1) is 8.16. The largest absolute Gasteiger partial charge is 0.368 e. The number of primary amides is 1. The van der Waals surface area contributed by atoms with Crippen LogP contribution in [0.1, 0.15) is 28.9 Å². The lowest BCUT2D eigenvalue weighted by molar-refractivity contribution is 0.100. The molecule has 5 nitrogen and oxygen atoms in total. The summed E-state index contributed by atoms with van der Waals surface area (Å²) < 4.78 is 0. The zero-order valence-electron chi connectivity index (χ0n) is 9.99. The SMILES string of the molecule is Cc1ccc(C(N)=O)c(NCCNC2CC2)n1. The first-order valence-electron chi connectivity index (χ1n) is 5.91. The molecule has 92 valence electrons. The number of hydrogen-bond acceptors (Lipinski definition) is 4. The highest BCUT2D eigenvalue weighted by molar-refractivity contribution is 5.97. The third-order valence-corrected chi connectivity index (χ3v) is 2.73. The highest BCUT2D eigenvalue weighted by Gasteiger charge is 2.19. The maximum absolute atomic E-state index is 11.2. The maximum atomic E-state index is 11.2. The molecule has 1 aromatic heterocycles. The molecule has 0 unspecified atom stereocenters. The lowest BCUT2D eigenvalue weighted by atomic mass is 10.2. The number of carbonyl (C=O) groups excluding carboxylic acids is 1. The Balaban J connectivity index is 1.92. The van der Waals surface area contributed by atoms with Crippen molar-refractivity contribution < 1.29 is 4.79 Å². The quantitative estimate of drug-likeness (QED) is 0.631. The molecule has 0 atom stereocenters. The van der Waals surface area contributed by atoms with Gasteiger partial charge in [0.1, 0.15) is 5.82 Å². The second-order valence-electron chi connectivity index (χ2n) is 4.37. The normalized spacial score (nSPS) is 14.6. The van der Waals surface area contributed by atoms with Crippen LogP contribution in [-0.4, -0.2) is 30.0 Å². The van der Waals surface area contributed by atoms with E-state index in [1.54, 1.807) is 12.1 Å². The van der Waals surface area contributed by atoms with Crippen molar-refractivity contribution in [1.82, 2.24) is 10.3 Å². The molecule has 0 bridgehead atoms. The molecule has 1 aromatic rings. The molecule has 1 fully saturated rings. The molecule has 0 spiro atoms. The highest BCUT2D eigenvalue weighted by atomic mass is 16.1. The number of carbonyl (C=O) groups is 1. The van der Waals surface area contributed by atoms with E-state index in [9.17, 15) is 4.79 Å². The predicted octanol–water partition coefficient (Wildman–Crippen LogP) is 0.653. The number of nitrogens with zero attached hydrogens (tertiary/aromatic N) is 1. The van der Waals surface area contributed by atoms with Crippen molar-refractivity contribution in [1.29, 1.82) is 0 Å². The Hall–Kier alpha value is -1.62. The number of rotatable bonds is 6. The van der Waals surface area contributed by atoms with E-state index in [-0.39, 0.29) is 0 Å². The van der Waals surface area contributed by atoms with Crippen molar-refractivity contribution in [2.45, 2.75) is 25.8 Å². The summed E-state index contributed by atoms with van der Waals surface area (Å²) in [5, 5.41) is 6.53. The number of nitrogens with two attached hydrogens (primary N) is 1. The fourth-order valence-corrected chi connectivity index (χ4v) is 1.63. The van der Waals surface area contributed by atoms with Crippen LogP contribution < -0.4 is 16.4 Å². The number of aryl methyl sites for hydroxylation is 1. The molecular weight excluding hydrogens is 216 g/mol. The minimum absolute atomic E-state index is 0.446. The summed E-state index contributed by atoms with van der Waals surface area (Å²) in [5.74, 6) is 0.130. The van der Waals surface area contributed by atoms with Crippen molar-refractivity contribution >= 4 is 11.7 Å². The zero-order chi connectivity index (χ0) is 12.3. The van der Waals surface area contributed by atoms with Crippen LogP contribution in [0.2, 0.25) is 0 Å². The molecule has 0 radical (unpaired) electrons. The van der Waals surface area contributed by atoms with Crippen molar-refractivity contribution in [3.8, 4) is 0 Å². The van der Waals surface area contributed by atoms with E-state index in [2.05, 4.69) is 15.6 Å². The lowest BCUT2D eigenvalue weighted by Gasteiger charge is -2.10. The molecule has 0 aliphatic heterocycles. The average molecular weight is 234 g/mol. The topological polar surface area (TPSA) is 80.0 Å². The number of amides is 1. The van der Waals surface area contributed by atoms with Gasteiger partial charge in [0.05, 0.1) is 5.56 Å². The number of pyridine rings is 1. The smallest absolute Gasteiger partial charge is 0.252 e. The summed E-state index contributed by atoms with van der Waals surface area (Å²) in [6.45, 7) is 3.50. The number of nitrogens with one attached hydrogen (secondary N) is 2. The second-order valence-corrected chi connectivity index (χ2v) is 4.37. The van der Waals surface area contributed by atoms with Crippen molar-refractivity contribution in [2.75, 3.05) is 18.4 Å². The Labute approximate surface area is 101 Å². The molecule has 5 heteroatoms. The van der Waals surface area contributed by atoms with Crippen molar-refractivity contribution in [3.63, 3.8) is 0 Å². The molecule has 4 N–H and O–H groups in total. The first-order valence-corrected chi connectivity index (χ1v) is 5.91. The van der Waals surface area contributed by atoms with E-state index in [4.69, 9.17) is 5.73 Å². The molecule has 1 saturated carbocycles. The van der Waals surface area contributed by atoms with Crippen LogP contribution in [0.15, 0.2) is 12.1 Å². The molecular formula is C12H18N4O. The molecule has 1 amide bonds. The van der Waals surface area contributed by atoms with E-state index in [0.29, 0.717) is 17.4 Å². The summed E-state index contributed by atoms with van der Waals surface area (Å²) >= 11 is 0. The summed E-state index contributed by atoms with van der Waals surface area (Å²) in [7, 11) is 0. The zero-order valence-corrected chi connectivity index (χ0v) is 9.99. The Morgan fingerprint density at radius 3 is 2.88 bits per heavy atom. The van der Waals surface area contributed by atoms with Gasteiger partial charge in [0.25, 0.3) is 5.91 Å². The van der Waals surface area contributed by atoms with Crippen LogP contribution in [0.3, 0.4) is 0 Å². The molecule has 1 aliphatic rings. The third kappa shape index (κ3) is 3.42. The van der Waals surface area contributed by atoms with Crippen LogP contribution in [0.25, 0.3) is 0 Å². The van der Waals surface area contributed by atoms with Gasteiger partial charge in [-0.05, 0) is 31.9 Å². The minimum Gasteiger partial charge on any atom is -0.368 e. The predicted molar refractivity (Wildman–Crippen MR) is 67.0 cm³/mol. The van der Waals surface area contributed by atoms with Gasteiger partial charge >= 0.3 is 0 Å². The van der Waals surface area contributed by atoms with Gasteiger partial charge in [0, 0.05) is 24.8 Å². The van der Waals surface area contributed by atoms with E-state index in [0.717, 1.165) is 18.8 Å². The Morgan fingerprint density at radius 2 is 2.24 bits per heavy atom. The van der Waals surface area contributed by atoms with Crippen LogP contribution in [0.5, 0.6) is 0 Å². The van der Waals surface area contributed by atoms with Crippen molar-refractivity contribution in [3.05, 3.63) is 23.4 Å². The standard InChI is InChI=1S/C12H18N4O/c1-8-2-5-10(11(13)17)12(16-8)15-7-6-14-9-3-4-9/h2,5,9,14H,3-4,6-7H2,1H3,(H2,13,17)(H,15,16). The van der Waals surface area contributed by atoms with Crippen LogP contribution >= 0.6 is 0 Å². The Morgan fingerprint density at radius 1 is 1.47 bits per heavy atom. The number of anilines is 1. The van der Waals surface area contributed by atoms with Gasteiger partial charge < -0.3 is 16.4 Å². The van der Waals surface area contributed by atoms with E-state index >= 15 is 0 Å². The Bertz CT molecular complexity index is 415. The first kappa shape index (κ1) is 11.9. The molecule has 1 aliphatic carbocycles. The minimum atomic E-state index is -0.449. The van der Waals surface area contributed by atoms with Crippen molar-refractivity contribution in [2.24, 2.45) is 5.73 Å². The van der Waals surface area contributed by atoms with Gasteiger partial charge in [-0.1, -0.05) is 0 Å². The van der Waals surface area contributed by atoms with Gasteiger partial charge in [-0.2, -0.15) is 0 Å². The van der Waals surface area contributed by atoms with Gasteiger partial charge in [0.15, 0.2) is 0 Å². The van der Waals surface area contributed by atoms with Gasteiger partial charge in [0.2, 0.25) is 0 Å². The van der Waals surface area contributed by atoms with Gasteiger partial charge in [-0.15, -0.1) is 0 Å². The maximum Gasteiger partial charge on any atom is 0.252 e. The Kier molecular flexibility index (Phi) is 3.58. The summed E-state index contributed by atoms with van der Waals surface area (Å²) in [4.78, 5) is 15.5.